The molecule has 1 aliphatic rings. The predicted octanol–water partition coefficient (Wildman–Crippen LogP) is 1.86. The van der Waals surface area contributed by atoms with Gasteiger partial charge in [-0.2, -0.15) is 0 Å². The highest BCUT2D eigenvalue weighted by atomic mass is 16.2. The molecule has 5 nitrogen and oxygen atoms in total. The number of carbonyl (C=O) groups excluding carboxylic acids is 2. The van der Waals surface area contributed by atoms with Crippen LogP contribution in [0.2, 0.25) is 0 Å². The standard InChI is InChI=1S/C16H23N3O2/c1-3-17-15-7-5-4-6-14(15)16(21)18-13-8-10-19(11-9-13)12(2)20/h4-7,13,17H,3,8-11H2,1-2H3,(H,18,21). The van der Waals surface area contributed by atoms with Gasteiger partial charge in [-0.05, 0) is 31.9 Å². The molecule has 0 radical (unpaired) electrons. The van der Waals surface area contributed by atoms with Crippen LogP contribution in [0.4, 0.5) is 5.69 Å². The van der Waals surface area contributed by atoms with Crippen LogP contribution >= 0.6 is 0 Å². The van der Waals surface area contributed by atoms with E-state index < -0.39 is 0 Å². The van der Waals surface area contributed by atoms with Crippen molar-refractivity contribution < 1.29 is 9.59 Å². The van der Waals surface area contributed by atoms with Gasteiger partial charge in [0.25, 0.3) is 5.91 Å². The lowest BCUT2D eigenvalue weighted by Crippen LogP contribution is -2.46. The first kappa shape index (κ1) is 15.4. The topological polar surface area (TPSA) is 61.4 Å². The number of amides is 2. The van der Waals surface area contributed by atoms with Crippen molar-refractivity contribution in [3.63, 3.8) is 0 Å². The third kappa shape index (κ3) is 3.97. The molecule has 1 aromatic rings. The SMILES string of the molecule is CCNc1ccccc1C(=O)NC1CCN(C(C)=O)CC1. The zero-order valence-electron chi connectivity index (χ0n) is 12.7. The minimum absolute atomic E-state index is 0.0483. The van der Waals surface area contributed by atoms with Crippen molar-refractivity contribution in [2.45, 2.75) is 32.7 Å². The molecule has 21 heavy (non-hydrogen) atoms. The Bertz CT molecular complexity index is 508. The number of rotatable bonds is 4. The molecule has 0 aromatic heterocycles. The summed E-state index contributed by atoms with van der Waals surface area (Å²) < 4.78 is 0. The van der Waals surface area contributed by atoms with Gasteiger partial charge in [0.2, 0.25) is 5.91 Å². The number of benzene rings is 1. The molecular formula is C16H23N3O2. The Kier molecular flexibility index (Phi) is 5.20. The van der Waals surface area contributed by atoms with Gasteiger partial charge >= 0.3 is 0 Å². The fourth-order valence-electron chi connectivity index (χ4n) is 2.63. The molecule has 0 saturated carbocycles. The number of hydrogen-bond donors (Lipinski definition) is 2. The summed E-state index contributed by atoms with van der Waals surface area (Å²) in [6, 6.07) is 7.67. The van der Waals surface area contributed by atoms with Gasteiger partial charge in [-0.25, -0.2) is 0 Å². The summed E-state index contributed by atoms with van der Waals surface area (Å²) in [6.45, 7) is 5.81. The van der Waals surface area contributed by atoms with Crippen molar-refractivity contribution in [3.8, 4) is 0 Å². The zero-order chi connectivity index (χ0) is 15.2. The first-order chi connectivity index (χ1) is 10.1. The van der Waals surface area contributed by atoms with Gasteiger partial charge in [0, 0.05) is 38.3 Å². The van der Waals surface area contributed by atoms with Crippen LogP contribution in [0.25, 0.3) is 0 Å². The lowest BCUT2D eigenvalue weighted by molar-refractivity contribution is -0.129. The summed E-state index contributed by atoms with van der Waals surface area (Å²) in [6.07, 6.45) is 1.63. The Labute approximate surface area is 125 Å². The Balaban J connectivity index is 1.95. The van der Waals surface area contributed by atoms with Crippen LogP contribution in [0.5, 0.6) is 0 Å². The van der Waals surface area contributed by atoms with Gasteiger partial charge in [-0.3, -0.25) is 9.59 Å². The van der Waals surface area contributed by atoms with Gasteiger partial charge in [0.15, 0.2) is 0 Å². The van der Waals surface area contributed by atoms with Crippen LogP contribution in [0.1, 0.15) is 37.0 Å². The van der Waals surface area contributed by atoms with Crippen LogP contribution in [-0.2, 0) is 4.79 Å². The molecule has 0 bridgehead atoms. The maximum absolute atomic E-state index is 12.4. The molecule has 0 atom stereocenters. The molecule has 0 aliphatic carbocycles. The molecule has 1 fully saturated rings. The highest BCUT2D eigenvalue weighted by Crippen LogP contribution is 2.16. The second kappa shape index (κ2) is 7.11. The van der Waals surface area contributed by atoms with E-state index >= 15 is 0 Å². The molecule has 1 saturated heterocycles. The molecule has 1 aliphatic heterocycles. The number of likely N-dealkylation sites (tertiary alicyclic amines) is 1. The van der Waals surface area contributed by atoms with Crippen LogP contribution in [0.15, 0.2) is 24.3 Å². The van der Waals surface area contributed by atoms with Crippen molar-refractivity contribution in [1.82, 2.24) is 10.2 Å². The number of nitrogens with zero attached hydrogens (tertiary/aromatic N) is 1. The van der Waals surface area contributed by atoms with Crippen LogP contribution < -0.4 is 10.6 Å². The van der Waals surface area contributed by atoms with E-state index in [4.69, 9.17) is 0 Å². The van der Waals surface area contributed by atoms with Crippen molar-refractivity contribution in [1.29, 1.82) is 0 Å². The Morgan fingerprint density at radius 3 is 2.52 bits per heavy atom. The van der Waals surface area contributed by atoms with E-state index in [0.29, 0.717) is 5.56 Å². The molecule has 2 N–H and O–H groups in total. The summed E-state index contributed by atoms with van der Waals surface area (Å²) >= 11 is 0. The quantitative estimate of drug-likeness (QED) is 0.889. The van der Waals surface area contributed by atoms with Crippen molar-refractivity contribution in [2.24, 2.45) is 0 Å². The van der Waals surface area contributed by atoms with Crippen molar-refractivity contribution >= 4 is 17.5 Å². The van der Waals surface area contributed by atoms with Gasteiger partial charge in [-0.15, -0.1) is 0 Å². The van der Waals surface area contributed by atoms with Crippen LogP contribution in [0.3, 0.4) is 0 Å². The lowest BCUT2D eigenvalue weighted by Gasteiger charge is -2.31. The average Bonchev–Trinajstić information content (AvgIpc) is 2.48. The lowest BCUT2D eigenvalue weighted by atomic mass is 10.0. The Morgan fingerprint density at radius 1 is 1.24 bits per heavy atom. The highest BCUT2D eigenvalue weighted by molar-refractivity contribution is 5.99. The van der Waals surface area contributed by atoms with E-state index in [9.17, 15) is 9.59 Å². The molecule has 114 valence electrons. The smallest absolute Gasteiger partial charge is 0.253 e. The summed E-state index contributed by atoms with van der Waals surface area (Å²) in [5, 5.41) is 6.28. The molecule has 0 unspecified atom stereocenters. The van der Waals surface area contributed by atoms with Gasteiger partial charge in [0.05, 0.1) is 5.56 Å². The van der Waals surface area contributed by atoms with E-state index in [0.717, 1.165) is 38.2 Å². The number of hydrogen-bond acceptors (Lipinski definition) is 3. The summed E-state index contributed by atoms with van der Waals surface area (Å²) in [4.78, 5) is 25.5. The number of carbonyl (C=O) groups is 2. The van der Waals surface area contributed by atoms with Crippen molar-refractivity contribution in [2.75, 3.05) is 25.0 Å². The van der Waals surface area contributed by atoms with Gasteiger partial charge < -0.3 is 15.5 Å². The molecule has 5 heteroatoms. The Morgan fingerprint density at radius 2 is 1.90 bits per heavy atom. The van der Waals surface area contributed by atoms with E-state index in [2.05, 4.69) is 10.6 Å². The summed E-state index contributed by atoms with van der Waals surface area (Å²) in [5.41, 5.74) is 1.53. The summed E-state index contributed by atoms with van der Waals surface area (Å²) in [5.74, 6) is 0.0603. The Hall–Kier alpha value is -2.04. The maximum Gasteiger partial charge on any atom is 0.253 e. The maximum atomic E-state index is 12.4. The second-order valence-electron chi connectivity index (χ2n) is 5.33. The third-order valence-electron chi connectivity index (χ3n) is 3.81. The molecule has 2 amide bonds. The van der Waals surface area contributed by atoms with E-state index in [1.54, 1.807) is 6.92 Å². The van der Waals surface area contributed by atoms with Crippen molar-refractivity contribution in [3.05, 3.63) is 29.8 Å². The monoisotopic (exact) mass is 289 g/mol. The zero-order valence-corrected chi connectivity index (χ0v) is 12.7. The average molecular weight is 289 g/mol. The molecule has 1 aromatic carbocycles. The highest BCUT2D eigenvalue weighted by Gasteiger charge is 2.22. The largest absolute Gasteiger partial charge is 0.385 e. The van der Waals surface area contributed by atoms with Crippen LogP contribution in [0, 0.1) is 0 Å². The number of nitrogens with one attached hydrogen (secondary N) is 2. The minimum Gasteiger partial charge on any atom is -0.385 e. The molecular weight excluding hydrogens is 266 g/mol. The first-order valence-electron chi connectivity index (χ1n) is 7.51. The van der Waals surface area contributed by atoms with E-state index in [-0.39, 0.29) is 17.9 Å². The van der Waals surface area contributed by atoms with Gasteiger partial charge in [-0.1, -0.05) is 12.1 Å². The fourth-order valence-corrected chi connectivity index (χ4v) is 2.63. The van der Waals surface area contributed by atoms with E-state index in [1.165, 1.54) is 0 Å². The summed E-state index contributed by atoms with van der Waals surface area (Å²) in [7, 11) is 0. The number of anilines is 1. The molecule has 2 rings (SSSR count). The van der Waals surface area contributed by atoms with Gasteiger partial charge in [0.1, 0.15) is 0 Å². The molecule has 1 heterocycles. The normalized spacial score (nSPS) is 15.6. The molecule has 0 spiro atoms. The first-order valence-corrected chi connectivity index (χ1v) is 7.51. The number of para-hydroxylation sites is 1. The predicted molar refractivity (Wildman–Crippen MR) is 83.3 cm³/mol. The second-order valence-corrected chi connectivity index (χ2v) is 5.33. The minimum atomic E-state index is -0.0483. The fraction of sp³-hybridized carbons (Fsp3) is 0.500. The third-order valence-corrected chi connectivity index (χ3v) is 3.81. The number of piperidine rings is 1. The van der Waals surface area contributed by atoms with Crippen LogP contribution in [-0.4, -0.2) is 42.4 Å². The van der Waals surface area contributed by atoms with E-state index in [1.807, 2.05) is 36.1 Å².